The lowest BCUT2D eigenvalue weighted by Gasteiger charge is -2.22. The van der Waals surface area contributed by atoms with E-state index in [1.54, 1.807) is 89.9 Å². The van der Waals surface area contributed by atoms with Crippen LogP contribution in [-0.4, -0.2) is 92.8 Å². The van der Waals surface area contributed by atoms with Gasteiger partial charge in [-0.05, 0) is 162 Å². The fourth-order valence-corrected chi connectivity index (χ4v) is 12.8. The lowest BCUT2D eigenvalue weighted by atomic mass is 9.94. The van der Waals surface area contributed by atoms with Crippen molar-refractivity contribution in [1.29, 1.82) is 0 Å². The highest BCUT2D eigenvalue weighted by Gasteiger charge is 2.31. The van der Waals surface area contributed by atoms with Gasteiger partial charge in [0.15, 0.2) is 5.82 Å². The number of aromatic nitrogens is 4. The number of hydrogen-bond acceptors (Lipinski definition) is 18. The van der Waals surface area contributed by atoms with Crippen molar-refractivity contribution in [2.75, 3.05) is 41.2 Å². The van der Waals surface area contributed by atoms with Crippen LogP contribution in [0.5, 0.6) is 40.4 Å². The second-order valence-electron chi connectivity index (χ2n) is 21.6. The van der Waals surface area contributed by atoms with Gasteiger partial charge in [0.1, 0.15) is 70.8 Å². The Labute approximate surface area is 552 Å². The summed E-state index contributed by atoms with van der Waals surface area (Å²) in [6.45, 7) is 4.78. The molecular formula is C73H64ClFN4O13S2. The van der Waals surface area contributed by atoms with E-state index in [9.17, 15) is 22.7 Å². The van der Waals surface area contributed by atoms with Crippen molar-refractivity contribution in [3.8, 4) is 95.6 Å². The van der Waals surface area contributed by atoms with Gasteiger partial charge in [-0.15, -0.1) is 11.3 Å². The molecule has 3 aromatic heterocycles. The number of methoxy groups -OCH3 is 3. The maximum absolute atomic E-state index is 14.7. The Morgan fingerprint density at radius 1 is 0.660 bits per heavy atom. The molecule has 0 amide bonds. The number of fused-ring (bicyclic) bond motifs is 1. The summed E-state index contributed by atoms with van der Waals surface area (Å²) >= 11 is 8.71. The predicted molar refractivity (Wildman–Crippen MR) is 358 cm³/mol. The standard InChI is InChI=1S/C73H64ClFN4O13S2/c1-7-88-73(81)65(38-51-36-54(80)24-32-62(51)89-40-53-34-35-76-70(79-53)60-10-8-9-11-63(60)86-6)92-71-67-66(69(93-72(67)78-43-77-71)48-16-22-52(75)23-17-48)59-31-33-64(68(74)45(59)3)91-57(42-90-94(82,83)58-29-12-44(2)13-30-58)41-87-39-50-15-14-49(46-18-25-55(84-4)26-19-46)37-61(50)47-20-27-56(85-5)28-21-47/h8-37,43,57,65,80H,7,38-42H2,1-6H3/t57-,65?/m1/s1. The van der Waals surface area contributed by atoms with E-state index < -0.39 is 40.7 Å². The van der Waals surface area contributed by atoms with E-state index in [4.69, 9.17) is 58.7 Å². The van der Waals surface area contributed by atoms with Crippen molar-refractivity contribution in [3.63, 3.8) is 0 Å². The number of ether oxygens (including phenoxy) is 8. The molecule has 94 heavy (non-hydrogen) atoms. The average molecular weight is 1320 g/mol. The number of phenolic OH excluding ortho intramolecular Hbond substituents is 1. The smallest absolute Gasteiger partial charge is 0.347 e. The number of para-hydroxylation sites is 1. The van der Waals surface area contributed by atoms with E-state index >= 15 is 0 Å². The molecule has 0 saturated carbocycles. The van der Waals surface area contributed by atoms with Crippen LogP contribution in [0.2, 0.25) is 5.02 Å². The molecule has 21 heteroatoms. The van der Waals surface area contributed by atoms with Crippen molar-refractivity contribution in [3.05, 3.63) is 227 Å². The van der Waals surface area contributed by atoms with Gasteiger partial charge in [-0.3, -0.25) is 4.18 Å². The van der Waals surface area contributed by atoms with Crippen molar-refractivity contribution >= 4 is 49.2 Å². The van der Waals surface area contributed by atoms with E-state index in [2.05, 4.69) is 21.0 Å². The Morgan fingerprint density at radius 3 is 2.09 bits per heavy atom. The molecular weight excluding hydrogens is 1260 g/mol. The Kier molecular flexibility index (Phi) is 20.7. The summed E-state index contributed by atoms with van der Waals surface area (Å²) in [7, 11) is 0.514. The van der Waals surface area contributed by atoms with Crippen LogP contribution in [0, 0.1) is 19.7 Å². The highest BCUT2D eigenvalue weighted by molar-refractivity contribution is 7.86. The molecule has 0 aliphatic heterocycles. The van der Waals surface area contributed by atoms with Crippen molar-refractivity contribution in [2.45, 2.75) is 57.5 Å². The molecule has 0 spiro atoms. The van der Waals surface area contributed by atoms with Crippen LogP contribution in [-0.2, 0) is 48.2 Å². The molecule has 8 aromatic carbocycles. The minimum atomic E-state index is -4.29. The zero-order chi connectivity index (χ0) is 65.9. The van der Waals surface area contributed by atoms with E-state index in [-0.39, 0.29) is 60.1 Å². The summed E-state index contributed by atoms with van der Waals surface area (Å²) in [6.07, 6.45) is 0.350. The first-order valence-corrected chi connectivity index (χ1v) is 32.4. The second-order valence-corrected chi connectivity index (χ2v) is 24.6. The molecule has 0 aliphatic rings. The van der Waals surface area contributed by atoms with Gasteiger partial charge in [-0.25, -0.2) is 29.1 Å². The van der Waals surface area contributed by atoms with Gasteiger partial charge in [0.25, 0.3) is 10.1 Å². The number of hydrogen-bond donors (Lipinski definition) is 1. The van der Waals surface area contributed by atoms with Crippen LogP contribution in [0.1, 0.15) is 34.9 Å². The molecule has 0 bridgehead atoms. The van der Waals surface area contributed by atoms with Crippen LogP contribution < -0.4 is 28.4 Å². The topological polar surface area (TPSA) is 206 Å². The van der Waals surface area contributed by atoms with Gasteiger partial charge in [-0.1, -0.05) is 96.0 Å². The summed E-state index contributed by atoms with van der Waals surface area (Å²) < 4.78 is 96.3. The molecule has 1 N–H and O–H groups in total. The van der Waals surface area contributed by atoms with Crippen molar-refractivity contribution < 1.29 is 64.8 Å². The van der Waals surface area contributed by atoms with Crippen LogP contribution in [0.15, 0.2) is 193 Å². The highest BCUT2D eigenvalue weighted by Crippen LogP contribution is 2.50. The Morgan fingerprint density at radius 2 is 1.36 bits per heavy atom. The first kappa shape index (κ1) is 65.5. The highest BCUT2D eigenvalue weighted by atomic mass is 35.5. The maximum atomic E-state index is 14.7. The lowest BCUT2D eigenvalue weighted by Crippen LogP contribution is -2.32. The first-order chi connectivity index (χ1) is 45.6. The molecule has 480 valence electrons. The van der Waals surface area contributed by atoms with Gasteiger partial charge in [-0.2, -0.15) is 8.42 Å². The summed E-state index contributed by atoms with van der Waals surface area (Å²) in [5, 5.41) is 11.4. The van der Waals surface area contributed by atoms with Crippen LogP contribution in [0.4, 0.5) is 4.39 Å². The average Bonchev–Trinajstić information content (AvgIpc) is 1.57. The summed E-state index contributed by atoms with van der Waals surface area (Å²) in [4.78, 5) is 33.7. The van der Waals surface area contributed by atoms with Crippen molar-refractivity contribution in [1.82, 2.24) is 19.9 Å². The van der Waals surface area contributed by atoms with Gasteiger partial charge in [0.2, 0.25) is 12.0 Å². The molecule has 1 unspecified atom stereocenters. The normalized spacial score (nSPS) is 12.0. The second kappa shape index (κ2) is 29.8. The predicted octanol–water partition coefficient (Wildman–Crippen LogP) is 15.5. The first-order valence-electron chi connectivity index (χ1n) is 29.8. The number of thiophene rings is 1. The number of nitrogens with zero attached hydrogens (tertiary/aromatic N) is 4. The van der Waals surface area contributed by atoms with Gasteiger partial charge < -0.3 is 43.0 Å². The van der Waals surface area contributed by atoms with E-state index in [0.717, 1.165) is 39.1 Å². The summed E-state index contributed by atoms with van der Waals surface area (Å²) in [6, 6.07) is 50.9. The quantitative estimate of drug-likeness (QED) is 0.0375. The zero-order valence-electron chi connectivity index (χ0n) is 52.0. The molecule has 0 fully saturated rings. The number of rotatable bonds is 27. The SMILES string of the molecule is CCOC(=O)C(Cc1cc(O)ccc1OCc1ccnc(-c2ccccc2OC)n1)Oc1ncnc2sc(-c3ccc(F)cc3)c(-c3ccc(O[C@H](COCc4ccc(-c5ccc(OC)cc5)cc4-c4ccc(OC)cc4)COS(=O)(=O)c4ccc(C)cc4)c(Cl)c3C)c12. The third-order valence-corrected chi connectivity index (χ3v) is 18.3. The van der Waals surface area contributed by atoms with Crippen LogP contribution in [0.25, 0.3) is 65.4 Å². The number of carbonyl (C=O) groups excluding carboxylic acids is 1. The molecule has 0 saturated heterocycles. The molecule has 0 radical (unpaired) electrons. The molecule has 2 atom stereocenters. The number of aromatic hydroxyl groups is 1. The summed E-state index contributed by atoms with van der Waals surface area (Å²) in [5.41, 5.74) is 9.30. The van der Waals surface area contributed by atoms with Gasteiger partial charge in [0, 0.05) is 28.6 Å². The number of aryl methyl sites for hydroxylation is 1. The van der Waals surface area contributed by atoms with E-state index in [1.807, 2.05) is 91.9 Å². The zero-order valence-corrected chi connectivity index (χ0v) is 54.4. The fourth-order valence-electron chi connectivity index (χ4n) is 10.5. The molecule has 3 heterocycles. The Bertz CT molecular complexity index is 4600. The number of esters is 1. The number of benzene rings is 8. The number of halogens is 2. The van der Waals surface area contributed by atoms with Gasteiger partial charge >= 0.3 is 5.97 Å². The number of phenols is 1. The maximum Gasteiger partial charge on any atom is 0.347 e. The van der Waals surface area contributed by atoms with Crippen LogP contribution >= 0.6 is 22.9 Å². The molecule has 11 aromatic rings. The lowest BCUT2D eigenvalue weighted by molar-refractivity contribution is -0.151. The van der Waals surface area contributed by atoms with E-state index in [1.165, 1.54) is 54.1 Å². The Balaban J connectivity index is 0.915. The molecule has 11 rings (SSSR count). The minimum absolute atomic E-state index is 0.000609. The van der Waals surface area contributed by atoms with Crippen molar-refractivity contribution in [2.24, 2.45) is 0 Å². The third-order valence-electron chi connectivity index (χ3n) is 15.4. The fraction of sp³-hybridized carbons (Fsp3) is 0.192. The van der Waals surface area contributed by atoms with Gasteiger partial charge in [0.05, 0.1) is 67.7 Å². The largest absolute Gasteiger partial charge is 0.508 e. The molecule has 17 nitrogen and oxygen atoms in total. The van der Waals surface area contributed by atoms with E-state index in [0.29, 0.717) is 77.2 Å². The minimum Gasteiger partial charge on any atom is -0.508 e. The number of carbonyl (C=O) groups is 1. The monoisotopic (exact) mass is 1320 g/mol. The summed E-state index contributed by atoms with van der Waals surface area (Å²) in [5.74, 6) is 1.68. The molecule has 0 aliphatic carbocycles. The van der Waals surface area contributed by atoms with Crippen LogP contribution in [0.3, 0.4) is 0 Å². The third kappa shape index (κ3) is 15.2. The Hall–Kier alpha value is -9.96.